The standard InChI is InChI=1S/C31H31F2N5O4/c32-21-6-4-20(25(33)13-21)18-42-30-3-1-2-28(35-30)36-14-22-7-8-23(15-36)37(22)17-29-34-26-9-5-19(31(39)40)12-27(26)38(29)16-24-10-11-41-24/h1-6,9,12-13,22-24H,7-8,10-11,14-18H2,(H,39,40)/t22?,23?,24-/m0/s1. The van der Waals surface area contributed by atoms with E-state index in [4.69, 9.17) is 14.5 Å². The van der Waals surface area contributed by atoms with Gasteiger partial charge in [0.2, 0.25) is 5.88 Å². The molecule has 5 heterocycles. The summed E-state index contributed by atoms with van der Waals surface area (Å²) in [6, 6.07) is 14.7. The van der Waals surface area contributed by atoms with E-state index in [1.54, 1.807) is 24.3 Å². The Morgan fingerprint density at radius 3 is 2.55 bits per heavy atom. The van der Waals surface area contributed by atoms with Gasteiger partial charge in [-0.25, -0.2) is 18.6 Å². The summed E-state index contributed by atoms with van der Waals surface area (Å²) in [6.07, 6.45) is 3.23. The molecule has 2 aromatic carbocycles. The van der Waals surface area contributed by atoms with Crippen LogP contribution in [0.5, 0.6) is 5.88 Å². The number of hydrogen-bond acceptors (Lipinski definition) is 7. The maximum Gasteiger partial charge on any atom is 0.335 e. The molecule has 3 aliphatic rings. The fourth-order valence-electron chi connectivity index (χ4n) is 6.31. The molecule has 3 saturated heterocycles. The summed E-state index contributed by atoms with van der Waals surface area (Å²) in [5.74, 6) is -0.101. The molecule has 11 heteroatoms. The molecule has 2 aromatic heterocycles. The van der Waals surface area contributed by atoms with Gasteiger partial charge in [-0.3, -0.25) is 4.90 Å². The number of rotatable bonds is 9. The van der Waals surface area contributed by atoms with Crippen LogP contribution in [0.3, 0.4) is 0 Å². The second-order valence-electron chi connectivity index (χ2n) is 11.2. The van der Waals surface area contributed by atoms with Crippen molar-refractivity contribution in [2.75, 3.05) is 24.6 Å². The number of aromatic nitrogens is 3. The lowest BCUT2D eigenvalue weighted by atomic mass is 10.1. The van der Waals surface area contributed by atoms with Crippen molar-refractivity contribution in [1.82, 2.24) is 19.4 Å². The van der Waals surface area contributed by atoms with Gasteiger partial charge in [-0.05, 0) is 55.7 Å². The van der Waals surface area contributed by atoms with Gasteiger partial charge in [0.15, 0.2) is 0 Å². The third-order valence-electron chi connectivity index (χ3n) is 8.63. The summed E-state index contributed by atoms with van der Waals surface area (Å²) < 4.78 is 40.9. The third kappa shape index (κ3) is 5.18. The van der Waals surface area contributed by atoms with Crippen LogP contribution in [-0.2, 0) is 24.4 Å². The van der Waals surface area contributed by atoms with E-state index >= 15 is 0 Å². The third-order valence-corrected chi connectivity index (χ3v) is 8.63. The Balaban J connectivity index is 1.07. The second kappa shape index (κ2) is 11.0. The Morgan fingerprint density at radius 1 is 1.02 bits per heavy atom. The highest BCUT2D eigenvalue weighted by Gasteiger charge is 2.41. The van der Waals surface area contributed by atoms with Crippen LogP contribution in [0.1, 0.15) is 41.0 Å². The van der Waals surface area contributed by atoms with Gasteiger partial charge in [-0.15, -0.1) is 0 Å². The number of pyridine rings is 1. The molecule has 0 aliphatic carbocycles. The Morgan fingerprint density at radius 2 is 1.83 bits per heavy atom. The number of piperazine rings is 1. The molecular formula is C31H31F2N5O4. The Hall–Kier alpha value is -4.09. The van der Waals surface area contributed by atoms with Gasteiger partial charge >= 0.3 is 5.97 Å². The molecule has 1 N–H and O–H groups in total. The number of carboxylic acid groups (broad SMARTS) is 1. The predicted octanol–water partition coefficient (Wildman–Crippen LogP) is 4.63. The highest BCUT2D eigenvalue weighted by Crippen LogP contribution is 2.34. The van der Waals surface area contributed by atoms with Gasteiger partial charge in [0, 0.05) is 49.5 Å². The number of ether oxygens (including phenoxy) is 2. The molecule has 7 rings (SSSR count). The first-order chi connectivity index (χ1) is 20.4. The Kier molecular flexibility index (Phi) is 6.99. The highest BCUT2D eigenvalue weighted by atomic mass is 19.1. The number of halogens is 2. The molecule has 42 heavy (non-hydrogen) atoms. The van der Waals surface area contributed by atoms with Crippen molar-refractivity contribution in [3.8, 4) is 5.88 Å². The fraction of sp³-hybridized carbons (Fsp3) is 0.387. The maximum atomic E-state index is 14.0. The second-order valence-corrected chi connectivity index (χ2v) is 11.2. The van der Waals surface area contributed by atoms with Crippen molar-refractivity contribution in [3.05, 3.63) is 83.2 Å². The van der Waals surface area contributed by atoms with Crippen molar-refractivity contribution in [2.45, 2.75) is 57.1 Å². The summed E-state index contributed by atoms with van der Waals surface area (Å²) in [4.78, 5) is 26.1. The van der Waals surface area contributed by atoms with E-state index in [-0.39, 0.29) is 23.8 Å². The first-order valence-corrected chi connectivity index (χ1v) is 14.3. The summed E-state index contributed by atoms with van der Waals surface area (Å²) >= 11 is 0. The van der Waals surface area contributed by atoms with E-state index in [1.165, 1.54) is 12.1 Å². The number of aromatic carboxylic acids is 1. The van der Waals surface area contributed by atoms with Crippen LogP contribution >= 0.6 is 0 Å². The molecule has 9 nitrogen and oxygen atoms in total. The molecule has 4 aromatic rings. The summed E-state index contributed by atoms with van der Waals surface area (Å²) in [7, 11) is 0. The van der Waals surface area contributed by atoms with Crippen LogP contribution in [0.15, 0.2) is 54.6 Å². The van der Waals surface area contributed by atoms with Gasteiger partial charge in [-0.2, -0.15) is 4.98 Å². The van der Waals surface area contributed by atoms with Crippen LogP contribution in [0.25, 0.3) is 11.0 Å². The van der Waals surface area contributed by atoms with Gasteiger partial charge in [0.25, 0.3) is 0 Å². The minimum Gasteiger partial charge on any atom is -0.478 e. The normalized spacial score (nSPS) is 22.0. The zero-order valence-electron chi connectivity index (χ0n) is 23.0. The summed E-state index contributed by atoms with van der Waals surface area (Å²) in [5.41, 5.74) is 2.14. The predicted molar refractivity (Wildman–Crippen MR) is 151 cm³/mol. The first-order valence-electron chi connectivity index (χ1n) is 14.3. The zero-order chi connectivity index (χ0) is 28.8. The van der Waals surface area contributed by atoms with E-state index in [0.29, 0.717) is 31.1 Å². The van der Waals surface area contributed by atoms with E-state index in [2.05, 4.69) is 19.4 Å². The largest absolute Gasteiger partial charge is 0.478 e. The number of anilines is 1. The minimum absolute atomic E-state index is 0.0392. The zero-order valence-corrected chi connectivity index (χ0v) is 23.0. The molecule has 3 fully saturated rings. The average molecular weight is 576 g/mol. The maximum absolute atomic E-state index is 14.0. The molecule has 218 valence electrons. The molecule has 0 saturated carbocycles. The first kappa shape index (κ1) is 26.8. The topological polar surface area (TPSA) is 93.0 Å². The number of hydrogen-bond donors (Lipinski definition) is 1. The number of fused-ring (bicyclic) bond motifs is 3. The molecule has 2 bridgehead atoms. The summed E-state index contributed by atoms with van der Waals surface area (Å²) in [5, 5.41) is 9.55. The van der Waals surface area contributed by atoms with Crippen LogP contribution in [0.2, 0.25) is 0 Å². The quantitative estimate of drug-likeness (QED) is 0.309. The Labute approximate surface area is 241 Å². The average Bonchev–Trinajstić information content (AvgIpc) is 3.40. The van der Waals surface area contributed by atoms with E-state index < -0.39 is 17.6 Å². The van der Waals surface area contributed by atoms with Gasteiger partial charge in [0.1, 0.15) is 29.9 Å². The lowest BCUT2D eigenvalue weighted by Gasteiger charge is -2.41. The molecule has 0 amide bonds. The number of imidazole rings is 1. The van der Waals surface area contributed by atoms with Gasteiger partial charge in [-0.1, -0.05) is 6.07 Å². The molecular weight excluding hydrogens is 544 g/mol. The highest BCUT2D eigenvalue weighted by molar-refractivity contribution is 5.92. The van der Waals surface area contributed by atoms with Crippen molar-refractivity contribution in [2.24, 2.45) is 0 Å². The van der Waals surface area contributed by atoms with E-state index in [9.17, 15) is 18.7 Å². The SMILES string of the molecule is O=C(O)c1ccc2nc(CN3C4CCC3CN(c3cccc(OCc5ccc(F)cc5F)n3)C4)n(C[C@@H]3CCO3)c2c1. The fourth-order valence-corrected chi connectivity index (χ4v) is 6.31. The number of benzene rings is 2. The van der Waals surface area contributed by atoms with Crippen molar-refractivity contribution >= 4 is 22.8 Å². The lowest BCUT2D eigenvalue weighted by Crippen LogP contribution is -2.53. The lowest BCUT2D eigenvalue weighted by molar-refractivity contribution is -0.0592. The molecule has 0 radical (unpaired) electrons. The number of carbonyl (C=O) groups is 1. The molecule has 0 spiro atoms. The van der Waals surface area contributed by atoms with E-state index in [1.807, 2.05) is 12.1 Å². The number of carboxylic acids is 1. The van der Waals surface area contributed by atoms with Crippen LogP contribution in [-0.4, -0.2) is 68.4 Å². The van der Waals surface area contributed by atoms with Crippen molar-refractivity contribution in [1.29, 1.82) is 0 Å². The van der Waals surface area contributed by atoms with Crippen molar-refractivity contribution < 1.29 is 28.2 Å². The van der Waals surface area contributed by atoms with Gasteiger partial charge in [0.05, 0.1) is 35.8 Å². The molecule has 2 unspecified atom stereocenters. The smallest absolute Gasteiger partial charge is 0.335 e. The molecule has 3 aliphatic heterocycles. The van der Waals surface area contributed by atoms with Crippen LogP contribution in [0, 0.1) is 11.6 Å². The van der Waals surface area contributed by atoms with Crippen LogP contribution < -0.4 is 9.64 Å². The monoisotopic (exact) mass is 575 g/mol. The van der Waals surface area contributed by atoms with E-state index in [0.717, 1.165) is 67.7 Å². The summed E-state index contributed by atoms with van der Waals surface area (Å²) in [6.45, 7) is 3.64. The van der Waals surface area contributed by atoms with Crippen LogP contribution in [0.4, 0.5) is 14.6 Å². The molecule has 3 atom stereocenters. The van der Waals surface area contributed by atoms with Crippen molar-refractivity contribution in [3.63, 3.8) is 0 Å². The number of nitrogens with zero attached hydrogens (tertiary/aromatic N) is 5. The minimum atomic E-state index is -0.953. The Bertz CT molecular complexity index is 1630. The van der Waals surface area contributed by atoms with Gasteiger partial charge < -0.3 is 24.0 Å².